The van der Waals surface area contributed by atoms with Gasteiger partial charge in [-0.2, -0.15) is 5.26 Å². The SMILES string of the molecule is N#Cc1c(NNc2ccccc2)nc2c(c1-c1ccccc1)CCCC2. The summed E-state index contributed by atoms with van der Waals surface area (Å²) in [5, 5.41) is 9.90. The monoisotopic (exact) mass is 340 g/mol. The van der Waals surface area contributed by atoms with Gasteiger partial charge < -0.3 is 0 Å². The highest BCUT2D eigenvalue weighted by Crippen LogP contribution is 2.36. The normalized spacial score (nSPS) is 12.7. The number of benzene rings is 2. The van der Waals surface area contributed by atoms with Gasteiger partial charge in [0.2, 0.25) is 0 Å². The Balaban J connectivity index is 1.80. The molecular formula is C22H20N4. The number of hydrogen-bond acceptors (Lipinski definition) is 4. The molecule has 1 aromatic heterocycles. The molecule has 4 rings (SSSR count). The molecule has 2 aromatic carbocycles. The average Bonchev–Trinajstić information content (AvgIpc) is 2.72. The van der Waals surface area contributed by atoms with Crippen molar-refractivity contribution in [3.8, 4) is 17.2 Å². The van der Waals surface area contributed by atoms with Gasteiger partial charge in [0.05, 0.1) is 5.69 Å². The van der Waals surface area contributed by atoms with Crippen LogP contribution in [0.1, 0.15) is 29.7 Å². The Labute approximate surface area is 153 Å². The Kier molecular flexibility index (Phi) is 4.53. The summed E-state index contributed by atoms with van der Waals surface area (Å²) in [5.41, 5.74) is 12.3. The van der Waals surface area contributed by atoms with Crippen molar-refractivity contribution in [2.45, 2.75) is 25.7 Å². The maximum atomic E-state index is 9.90. The van der Waals surface area contributed by atoms with Crippen LogP contribution in [0.25, 0.3) is 11.1 Å². The number of para-hydroxylation sites is 1. The molecular weight excluding hydrogens is 320 g/mol. The largest absolute Gasteiger partial charge is 0.300 e. The summed E-state index contributed by atoms with van der Waals surface area (Å²) in [6.07, 6.45) is 4.23. The van der Waals surface area contributed by atoms with Crippen molar-refractivity contribution in [3.05, 3.63) is 77.5 Å². The molecule has 0 radical (unpaired) electrons. The summed E-state index contributed by atoms with van der Waals surface area (Å²) in [7, 11) is 0. The first kappa shape index (κ1) is 16.2. The van der Waals surface area contributed by atoms with Crippen LogP contribution in [0.5, 0.6) is 0 Å². The molecule has 128 valence electrons. The van der Waals surface area contributed by atoms with Crippen LogP contribution in [0.3, 0.4) is 0 Å². The maximum Gasteiger partial charge on any atom is 0.163 e. The zero-order valence-corrected chi connectivity index (χ0v) is 14.5. The molecule has 0 aliphatic heterocycles. The lowest BCUT2D eigenvalue weighted by atomic mass is 9.86. The molecule has 0 amide bonds. The third-order valence-electron chi connectivity index (χ3n) is 4.75. The third kappa shape index (κ3) is 3.12. The van der Waals surface area contributed by atoms with Crippen molar-refractivity contribution in [1.29, 1.82) is 5.26 Å². The lowest BCUT2D eigenvalue weighted by Crippen LogP contribution is -2.16. The fourth-order valence-electron chi connectivity index (χ4n) is 3.52. The van der Waals surface area contributed by atoms with Gasteiger partial charge in [-0.05, 0) is 48.9 Å². The lowest BCUT2D eigenvalue weighted by molar-refractivity contribution is 0.669. The molecule has 3 aromatic rings. The predicted molar refractivity (Wildman–Crippen MR) is 105 cm³/mol. The number of aromatic nitrogens is 1. The number of nitriles is 1. The molecule has 4 heteroatoms. The lowest BCUT2D eigenvalue weighted by Gasteiger charge is -2.22. The number of nitrogens with one attached hydrogen (secondary N) is 2. The van der Waals surface area contributed by atoms with Crippen LogP contribution in [0, 0.1) is 11.3 Å². The van der Waals surface area contributed by atoms with Gasteiger partial charge in [-0.25, -0.2) is 4.98 Å². The number of nitrogens with zero attached hydrogens (tertiary/aromatic N) is 2. The fourth-order valence-corrected chi connectivity index (χ4v) is 3.52. The van der Waals surface area contributed by atoms with E-state index in [4.69, 9.17) is 4.98 Å². The zero-order chi connectivity index (χ0) is 17.8. The number of hydrazine groups is 1. The standard InChI is InChI=1S/C22H20N4/c23-15-19-21(16-9-3-1-4-10-16)18-13-7-8-14-20(18)24-22(19)26-25-17-11-5-2-6-12-17/h1-6,9-12,25H,7-8,13-14H2,(H,24,26). The summed E-state index contributed by atoms with van der Waals surface area (Å²) < 4.78 is 0. The minimum atomic E-state index is 0.593. The molecule has 0 bridgehead atoms. The van der Waals surface area contributed by atoms with E-state index in [1.54, 1.807) is 0 Å². The van der Waals surface area contributed by atoms with Gasteiger partial charge in [0, 0.05) is 11.3 Å². The van der Waals surface area contributed by atoms with Gasteiger partial charge >= 0.3 is 0 Å². The van der Waals surface area contributed by atoms with E-state index in [0.717, 1.165) is 48.2 Å². The second-order valence-electron chi connectivity index (χ2n) is 6.44. The van der Waals surface area contributed by atoms with Gasteiger partial charge in [-0.3, -0.25) is 10.9 Å². The van der Waals surface area contributed by atoms with E-state index in [1.807, 2.05) is 48.5 Å². The highest BCUT2D eigenvalue weighted by Gasteiger charge is 2.22. The molecule has 0 atom stereocenters. The highest BCUT2D eigenvalue weighted by atomic mass is 15.4. The summed E-state index contributed by atoms with van der Waals surface area (Å²) in [6, 6.07) is 22.4. The van der Waals surface area contributed by atoms with E-state index in [0.29, 0.717) is 11.4 Å². The third-order valence-corrected chi connectivity index (χ3v) is 4.75. The molecule has 1 heterocycles. The van der Waals surface area contributed by atoms with E-state index in [1.165, 1.54) is 5.56 Å². The smallest absolute Gasteiger partial charge is 0.163 e. The molecule has 0 saturated carbocycles. The molecule has 1 aliphatic carbocycles. The van der Waals surface area contributed by atoms with Crippen LogP contribution in [-0.4, -0.2) is 4.98 Å². The maximum absolute atomic E-state index is 9.90. The van der Waals surface area contributed by atoms with E-state index < -0.39 is 0 Å². The quantitative estimate of drug-likeness (QED) is 0.661. The van der Waals surface area contributed by atoms with Gasteiger partial charge in [-0.15, -0.1) is 0 Å². The van der Waals surface area contributed by atoms with Gasteiger partial charge in [-0.1, -0.05) is 48.5 Å². The minimum Gasteiger partial charge on any atom is -0.300 e. The van der Waals surface area contributed by atoms with Crippen LogP contribution in [0.2, 0.25) is 0 Å². The molecule has 0 fully saturated rings. The Morgan fingerprint density at radius 3 is 2.27 bits per heavy atom. The van der Waals surface area contributed by atoms with Crippen LogP contribution in [0.4, 0.5) is 11.5 Å². The first-order valence-corrected chi connectivity index (χ1v) is 8.95. The Bertz CT molecular complexity index is 943. The molecule has 4 nitrogen and oxygen atoms in total. The number of anilines is 2. The molecule has 0 spiro atoms. The summed E-state index contributed by atoms with van der Waals surface area (Å²) in [4.78, 5) is 4.79. The summed E-state index contributed by atoms with van der Waals surface area (Å²) >= 11 is 0. The second-order valence-corrected chi connectivity index (χ2v) is 6.44. The zero-order valence-electron chi connectivity index (χ0n) is 14.5. The van der Waals surface area contributed by atoms with Crippen molar-refractivity contribution < 1.29 is 0 Å². The van der Waals surface area contributed by atoms with E-state index in [-0.39, 0.29) is 0 Å². The molecule has 0 unspecified atom stereocenters. The summed E-state index contributed by atoms with van der Waals surface area (Å²) in [5.74, 6) is 0.593. The molecule has 26 heavy (non-hydrogen) atoms. The molecule has 1 aliphatic rings. The van der Waals surface area contributed by atoms with E-state index in [9.17, 15) is 5.26 Å². The van der Waals surface area contributed by atoms with Crippen molar-refractivity contribution in [3.63, 3.8) is 0 Å². The minimum absolute atomic E-state index is 0.593. The highest BCUT2D eigenvalue weighted by molar-refractivity contribution is 5.80. The van der Waals surface area contributed by atoms with E-state index in [2.05, 4.69) is 29.1 Å². The van der Waals surface area contributed by atoms with Crippen LogP contribution < -0.4 is 10.9 Å². The Morgan fingerprint density at radius 2 is 1.54 bits per heavy atom. The Morgan fingerprint density at radius 1 is 0.846 bits per heavy atom. The van der Waals surface area contributed by atoms with Crippen LogP contribution in [-0.2, 0) is 12.8 Å². The number of rotatable bonds is 4. The van der Waals surface area contributed by atoms with Crippen molar-refractivity contribution in [2.75, 3.05) is 10.9 Å². The van der Waals surface area contributed by atoms with Crippen LogP contribution in [0.15, 0.2) is 60.7 Å². The van der Waals surface area contributed by atoms with E-state index >= 15 is 0 Å². The van der Waals surface area contributed by atoms with Crippen LogP contribution >= 0.6 is 0 Å². The summed E-state index contributed by atoms with van der Waals surface area (Å²) in [6.45, 7) is 0. The molecule has 2 N–H and O–H groups in total. The topological polar surface area (TPSA) is 60.7 Å². The van der Waals surface area contributed by atoms with Gasteiger partial charge in [0.1, 0.15) is 11.6 Å². The predicted octanol–water partition coefficient (Wildman–Crippen LogP) is 4.94. The van der Waals surface area contributed by atoms with Gasteiger partial charge in [0.25, 0.3) is 0 Å². The molecule has 0 saturated heterocycles. The first-order chi connectivity index (χ1) is 12.9. The average molecular weight is 340 g/mol. The number of fused-ring (bicyclic) bond motifs is 1. The first-order valence-electron chi connectivity index (χ1n) is 8.95. The number of aryl methyl sites for hydroxylation is 1. The second kappa shape index (κ2) is 7.28. The van der Waals surface area contributed by atoms with Crippen molar-refractivity contribution in [2.24, 2.45) is 0 Å². The van der Waals surface area contributed by atoms with Crippen molar-refractivity contribution in [1.82, 2.24) is 4.98 Å². The Hall–Kier alpha value is -3.32. The van der Waals surface area contributed by atoms with Gasteiger partial charge in [0.15, 0.2) is 5.82 Å². The van der Waals surface area contributed by atoms with Crippen molar-refractivity contribution >= 4 is 11.5 Å². The fraction of sp³-hybridized carbons (Fsp3) is 0.182. The number of pyridine rings is 1. The number of hydrogen-bond donors (Lipinski definition) is 2.